The Kier molecular flexibility index (Phi) is 5.75. The normalized spacial score (nSPS) is 32.3. The molecule has 0 bridgehead atoms. The lowest BCUT2D eigenvalue weighted by Gasteiger charge is -2.26. The van der Waals surface area contributed by atoms with Crippen LogP contribution in [0.1, 0.15) is 39.0 Å². The van der Waals surface area contributed by atoms with Gasteiger partial charge in [-0.3, -0.25) is 9.69 Å². The summed E-state index contributed by atoms with van der Waals surface area (Å²) in [6, 6.07) is -0.816. The quantitative estimate of drug-likeness (QED) is 0.646. The van der Waals surface area contributed by atoms with Crippen molar-refractivity contribution in [1.82, 2.24) is 15.6 Å². The molecule has 2 heterocycles. The lowest BCUT2D eigenvalue weighted by atomic mass is 9.80. The number of nitrogens with one attached hydrogen (secondary N) is 2. The van der Waals surface area contributed by atoms with E-state index in [4.69, 9.17) is 4.74 Å². The predicted molar refractivity (Wildman–Crippen MR) is 93.0 cm³/mol. The van der Waals surface area contributed by atoms with E-state index in [-0.39, 0.29) is 24.4 Å². The smallest absolute Gasteiger partial charge is 0.407 e. The third-order valence-corrected chi connectivity index (χ3v) is 5.65. The first-order valence-corrected chi connectivity index (χ1v) is 9.17. The Labute approximate surface area is 152 Å². The molecule has 0 radical (unpaired) electrons. The summed E-state index contributed by atoms with van der Waals surface area (Å²) in [5.74, 6) is 0.801. The first-order chi connectivity index (χ1) is 12.5. The van der Waals surface area contributed by atoms with Crippen molar-refractivity contribution < 1.29 is 24.2 Å². The van der Waals surface area contributed by atoms with Crippen LogP contribution in [0.5, 0.6) is 0 Å². The van der Waals surface area contributed by atoms with Crippen LogP contribution in [0.15, 0.2) is 5.10 Å². The minimum Gasteiger partial charge on any atom is -0.465 e. The highest BCUT2D eigenvalue weighted by Gasteiger charge is 2.45. The van der Waals surface area contributed by atoms with E-state index in [0.717, 1.165) is 25.7 Å². The molecule has 2 saturated heterocycles. The van der Waals surface area contributed by atoms with Gasteiger partial charge < -0.3 is 15.2 Å². The Morgan fingerprint density at radius 2 is 1.96 bits per heavy atom. The number of carbonyl (C=O) groups excluding carboxylic acids is 2. The average Bonchev–Trinajstić information content (AvgIpc) is 3.20. The van der Waals surface area contributed by atoms with E-state index >= 15 is 0 Å². The maximum absolute atomic E-state index is 12.0. The van der Waals surface area contributed by atoms with E-state index in [0.29, 0.717) is 31.1 Å². The van der Waals surface area contributed by atoms with Crippen LogP contribution in [0.4, 0.5) is 9.59 Å². The molecule has 0 aromatic carbocycles. The Balaban J connectivity index is 1.43. The van der Waals surface area contributed by atoms with E-state index in [1.165, 1.54) is 4.90 Å². The van der Waals surface area contributed by atoms with Crippen molar-refractivity contribution >= 4 is 23.6 Å². The molecule has 144 valence electrons. The van der Waals surface area contributed by atoms with Gasteiger partial charge in [0, 0.05) is 19.0 Å². The number of ether oxygens (including phenoxy) is 1. The van der Waals surface area contributed by atoms with Crippen LogP contribution in [0, 0.1) is 11.8 Å². The molecule has 3 N–H and O–H groups in total. The number of amides is 3. The SMILES string of the molecule is CC(=O)C1CCC(CNC(=O)N/N=C2\COC3CCN(C(=O)O)C23)CC1. The summed E-state index contributed by atoms with van der Waals surface area (Å²) in [5, 5.41) is 16.1. The lowest BCUT2D eigenvalue weighted by molar-refractivity contribution is -0.121. The van der Waals surface area contributed by atoms with Crippen molar-refractivity contribution in [1.29, 1.82) is 0 Å². The van der Waals surface area contributed by atoms with Crippen molar-refractivity contribution in [3.05, 3.63) is 0 Å². The van der Waals surface area contributed by atoms with Crippen LogP contribution in [0.2, 0.25) is 0 Å². The van der Waals surface area contributed by atoms with E-state index in [1.54, 1.807) is 6.92 Å². The number of hydrogen-bond acceptors (Lipinski definition) is 5. The van der Waals surface area contributed by atoms with Crippen LogP contribution in [-0.2, 0) is 9.53 Å². The van der Waals surface area contributed by atoms with E-state index in [9.17, 15) is 19.5 Å². The molecule has 26 heavy (non-hydrogen) atoms. The molecule has 1 aliphatic carbocycles. The summed E-state index contributed by atoms with van der Waals surface area (Å²) < 4.78 is 5.55. The molecular weight excluding hydrogens is 340 g/mol. The lowest BCUT2D eigenvalue weighted by Crippen LogP contribution is -2.43. The first kappa shape index (κ1) is 18.6. The Morgan fingerprint density at radius 1 is 1.23 bits per heavy atom. The number of carbonyl (C=O) groups is 3. The summed E-state index contributed by atoms with van der Waals surface area (Å²) in [6.07, 6.45) is 3.11. The van der Waals surface area contributed by atoms with Crippen molar-refractivity contribution in [2.75, 3.05) is 19.7 Å². The standard InChI is InChI=1S/C17H26N4O5/c1-10(22)12-4-2-11(3-5-12)8-18-16(23)20-19-13-9-26-14-6-7-21(15(13)14)17(24)25/h11-12,14-15H,2-9H2,1H3,(H,24,25)(H2,18,20,23)/b19-13+. The maximum Gasteiger partial charge on any atom is 0.407 e. The topological polar surface area (TPSA) is 120 Å². The highest BCUT2D eigenvalue weighted by molar-refractivity contribution is 5.96. The Hall–Kier alpha value is -2.16. The molecule has 0 aromatic heterocycles. The molecular formula is C17H26N4O5. The van der Waals surface area contributed by atoms with Gasteiger partial charge in [-0.05, 0) is 44.9 Å². The van der Waals surface area contributed by atoms with Crippen LogP contribution in [-0.4, -0.2) is 65.5 Å². The molecule has 2 aliphatic heterocycles. The minimum absolute atomic E-state index is 0.172. The first-order valence-electron chi connectivity index (χ1n) is 9.17. The molecule has 1 saturated carbocycles. The maximum atomic E-state index is 12.0. The van der Waals surface area contributed by atoms with Gasteiger partial charge in [-0.25, -0.2) is 15.0 Å². The molecule has 9 nitrogen and oxygen atoms in total. The Morgan fingerprint density at radius 3 is 2.62 bits per heavy atom. The molecule has 0 spiro atoms. The third kappa shape index (κ3) is 4.14. The number of carboxylic acid groups (broad SMARTS) is 1. The van der Waals surface area contributed by atoms with Crippen molar-refractivity contribution in [2.45, 2.75) is 51.2 Å². The van der Waals surface area contributed by atoms with Gasteiger partial charge >= 0.3 is 12.1 Å². The molecule has 9 heteroatoms. The van der Waals surface area contributed by atoms with Crippen LogP contribution < -0.4 is 10.7 Å². The number of Topliss-reactive ketones (excluding diaryl/α,β-unsaturated/α-hetero) is 1. The number of rotatable bonds is 4. The summed E-state index contributed by atoms with van der Waals surface area (Å²) in [4.78, 5) is 35.9. The predicted octanol–water partition coefficient (Wildman–Crippen LogP) is 1.19. The molecule has 0 aromatic rings. The van der Waals surface area contributed by atoms with Gasteiger partial charge in [-0.1, -0.05) is 0 Å². The van der Waals surface area contributed by atoms with Gasteiger partial charge in [-0.2, -0.15) is 5.10 Å². The average molecular weight is 366 g/mol. The number of urea groups is 1. The molecule has 2 unspecified atom stereocenters. The van der Waals surface area contributed by atoms with Gasteiger partial charge in [0.1, 0.15) is 11.8 Å². The number of nitrogens with zero attached hydrogens (tertiary/aromatic N) is 2. The van der Waals surface area contributed by atoms with E-state index < -0.39 is 18.2 Å². The van der Waals surface area contributed by atoms with Crippen molar-refractivity contribution in [3.8, 4) is 0 Å². The largest absolute Gasteiger partial charge is 0.465 e. The monoisotopic (exact) mass is 366 g/mol. The molecule has 3 fully saturated rings. The summed E-state index contributed by atoms with van der Waals surface area (Å²) in [6.45, 7) is 2.83. The number of hydrogen-bond donors (Lipinski definition) is 3. The fourth-order valence-electron chi connectivity index (χ4n) is 4.10. The van der Waals surface area contributed by atoms with Gasteiger partial charge in [0.25, 0.3) is 0 Å². The summed E-state index contributed by atoms with van der Waals surface area (Å²) in [5.41, 5.74) is 2.98. The summed E-state index contributed by atoms with van der Waals surface area (Å²) >= 11 is 0. The third-order valence-electron chi connectivity index (χ3n) is 5.65. The Bertz CT molecular complexity index is 600. The molecule has 3 rings (SSSR count). The second-order valence-corrected chi connectivity index (χ2v) is 7.31. The molecule has 3 aliphatic rings. The van der Waals surface area contributed by atoms with Gasteiger partial charge in [0.15, 0.2) is 0 Å². The zero-order chi connectivity index (χ0) is 18.7. The van der Waals surface area contributed by atoms with Gasteiger partial charge in [0.2, 0.25) is 0 Å². The zero-order valence-electron chi connectivity index (χ0n) is 14.9. The minimum atomic E-state index is -0.999. The van der Waals surface area contributed by atoms with Crippen LogP contribution in [0.3, 0.4) is 0 Å². The molecule has 2 atom stereocenters. The van der Waals surface area contributed by atoms with Gasteiger partial charge in [0.05, 0.1) is 18.4 Å². The second kappa shape index (κ2) is 8.03. The highest BCUT2D eigenvalue weighted by Crippen LogP contribution is 2.29. The number of fused-ring (bicyclic) bond motifs is 1. The van der Waals surface area contributed by atoms with E-state index in [2.05, 4.69) is 15.8 Å². The number of hydrazone groups is 1. The fourth-order valence-corrected chi connectivity index (χ4v) is 4.10. The van der Waals surface area contributed by atoms with Crippen molar-refractivity contribution in [2.24, 2.45) is 16.9 Å². The fraction of sp³-hybridized carbons (Fsp3) is 0.765. The highest BCUT2D eigenvalue weighted by atomic mass is 16.5. The molecule has 3 amide bonds. The van der Waals surface area contributed by atoms with Crippen LogP contribution in [0.25, 0.3) is 0 Å². The summed E-state index contributed by atoms with van der Waals surface area (Å²) in [7, 11) is 0. The van der Waals surface area contributed by atoms with E-state index in [1.807, 2.05) is 0 Å². The van der Waals surface area contributed by atoms with Crippen molar-refractivity contribution in [3.63, 3.8) is 0 Å². The number of ketones is 1. The number of likely N-dealkylation sites (tertiary alicyclic amines) is 1. The zero-order valence-corrected chi connectivity index (χ0v) is 14.9. The second-order valence-electron chi connectivity index (χ2n) is 7.31. The van der Waals surface area contributed by atoms with Gasteiger partial charge in [-0.15, -0.1) is 0 Å². The van der Waals surface area contributed by atoms with Crippen LogP contribution >= 0.6 is 0 Å².